The average molecular weight is 291 g/mol. The molecule has 0 rings (SSSR count). The molecule has 16 heavy (non-hydrogen) atoms. The van der Waals surface area contributed by atoms with Gasteiger partial charge in [0.2, 0.25) is 0 Å². The molecule has 1 atom stereocenters. The van der Waals surface area contributed by atoms with Crippen molar-refractivity contribution in [1.29, 1.82) is 0 Å². The Labute approximate surface area is 140 Å². The predicted molar refractivity (Wildman–Crippen MR) is 46.6 cm³/mol. The van der Waals surface area contributed by atoms with Crippen molar-refractivity contribution in [2.75, 3.05) is 26.4 Å². The first kappa shape index (κ1) is 22.9. The molecule has 86 valence electrons. The SMILES string of the molecule is CN(C)CC(CS(=O)(=O)[O-])S(=O)(=O)[O-].[Na+].[Na+]. The van der Waals surface area contributed by atoms with Crippen molar-refractivity contribution >= 4 is 20.2 Å². The summed E-state index contributed by atoms with van der Waals surface area (Å²) in [6.07, 6.45) is 0. The van der Waals surface area contributed by atoms with Crippen LogP contribution in [0.5, 0.6) is 0 Å². The molecular weight excluding hydrogens is 280 g/mol. The molecule has 0 aliphatic carbocycles. The fourth-order valence-corrected chi connectivity index (χ4v) is 3.07. The second kappa shape index (κ2) is 8.81. The normalized spacial score (nSPS) is 13.8. The van der Waals surface area contributed by atoms with E-state index < -0.39 is 31.2 Å². The molecular formula is C5H11NNa2O6S2. The standard InChI is InChI=1S/C5H13NO6S2.2Na/c1-6(2)3-5(14(10,11)12)4-13(7,8)9;;/h5H,3-4H2,1-2H3,(H,7,8,9)(H,10,11,12);;/q;2*+1/p-2. The van der Waals surface area contributed by atoms with Gasteiger partial charge in [-0.15, -0.1) is 0 Å². The van der Waals surface area contributed by atoms with E-state index in [1.54, 1.807) is 0 Å². The van der Waals surface area contributed by atoms with E-state index in [9.17, 15) is 25.9 Å². The van der Waals surface area contributed by atoms with Crippen LogP contribution in [-0.2, 0) is 20.2 Å². The maximum Gasteiger partial charge on any atom is 1.00 e. The van der Waals surface area contributed by atoms with Gasteiger partial charge in [0.15, 0.2) is 0 Å². The van der Waals surface area contributed by atoms with Crippen LogP contribution >= 0.6 is 0 Å². The molecule has 1 unspecified atom stereocenters. The zero-order chi connectivity index (χ0) is 11.6. The molecule has 0 fully saturated rings. The van der Waals surface area contributed by atoms with E-state index in [0.717, 1.165) is 0 Å². The largest absolute Gasteiger partial charge is 1.00 e. The van der Waals surface area contributed by atoms with Crippen molar-refractivity contribution in [3.63, 3.8) is 0 Å². The van der Waals surface area contributed by atoms with Crippen molar-refractivity contribution < 1.29 is 85.1 Å². The third-order valence-corrected chi connectivity index (χ3v) is 3.52. The molecule has 0 saturated carbocycles. The van der Waals surface area contributed by atoms with E-state index in [2.05, 4.69) is 0 Å². The molecule has 7 nitrogen and oxygen atoms in total. The van der Waals surface area contributed by atoms with Gasteiger partial charge >= 0.3 is 59.1 Å². The minimum absolute atomic E-state index is 0. The zero-order valence-electron chi connectivity index (χ0n) is 9.70. The Morgan fingerprint density at radius 1 is 1.06 bits per heavy atom. The first-order valence-electron chi connectivity index (χ1n) is 3.55. The van der Waals surface area contributed by atoms with Crippen molar-refractivity contribution in [2.45, 2.75) is 5.25 Å². The number of hydrogen-bond acceptors (Lipinski definition) is 7. The molecule has 0 N–H and O–H groups in total. The first-order chi connectivity index (χ1) is 6.02. The summed E-state index contributed by atoms with van der Waals surface area (Å²) in [5.41, 5.74) is 0. The smallest absolute Gasteiger partial charge is 0.748 e. The molecule has 0 aromatic carbocycles. The number of nitrogens with zero attached hydrogens (tertiary/aromatic N) is 1. The van der Waals surface area contributed by atoms with Crippen LogP contribution in [0.2, 0.25) is 0 Å². The second-order valence-corrected chi connectivity index (χ2v) is 6.20. The van der Waals surface area contributed by atoms with E-state index in [-0.39, 0.29) is 65.7 Å². The third kappa shape index (κ3) is 12.2. The van der Waals surface area contributed by atoms with Gasteiger partial charge in [0, 0.05) is 6.54 Å². The maximum absolute atomic E-state index is 10.6. The van der Waals surface area contributed by atoms with Gasteiger partial charge in [-0.1, -0.05) is 0 Å². The number of rotatable bonds is 5. The van der Waals surface area contributed by atoms with Gasteiger partial charge in [-0.2, -0.15) is 0 Å². The van der Waals surface area contributed by atoms with Crippen molar-refractivity contribution in [3.8, 4) is 0 Å². The maximum atomic E-state index is 10.6. The molecule has 0 saturated heterocycles. The van der Waals surface area contributed by atoms with E-state index in [0.29, 0.717) is 0 Å². The summed E-state index contributed by atoms with van der Waals surface area (Å²) < 4.78 is 62.6. The van der Waals surface area contributed by atoms with Crippen LogP contribution in [0.3, 0.4) is 0 Å². The molecule has 0 spiro atoms. The molecule has 0 bridgehead atoms. The molecule has 0 amide bonds. The monoisotopic (exact) mass is 291 g/mol. The third-order valence-electron chi connectivity index (χ3n) is 1.37. The quantitative estimate of drug-likeness (QED) is 0.364. The molecule has 0 heterocycles. The Balaban J connectivity index is -0.000000845. The summed E-state index contributed by atoms with van der Waals surface area (Å²) in [7, 11) is -6.54. The second-order valence-electron chi connectivity index (χ2n) is 3.10. The minimum Gasteiger partial charge on any atom is -0.748 e. The van der Waals surface area contributed by atoms with Gasteiger partial charge in [-0.3, -0.25) is 0 Å². The fourth-order valence-electron chi connectivity index (χ4n) is 0.862. The van der Waals surface area contributed by atoms with Gasteiger partial charge in [-0.05, 0) is 14.1 Å². The van der Waals surface area contributed by atoms with Crippen molar-refractivity contribution in [3.05, 3.63) is 0 Å². The van der Waals surface area contributed by atoms with Crippen LogP contribution in [0.1, 0.15) is 0 Å². The van der Waals surface area contributed by atoms with Crippen LogP contribution in [0.15, 0.2) is 0 Å². The van der Waals surface area contributed by atoms with Crippen LogP contribution < -0.4 is 59.1 Å². The van der Waals surface area contributed by atoms with Gasteiger partial charge in [0.05, 0.1) is 31.2 Å². The summed E-state index contributed by atoms with van der Waals surface area (Å²) in [5, 5.41) is -1.71. The van der Waals surface area contributed by atoms with Crippen molar-refractivity contribution in [1.82, 2.24) is 4.90 Å². The van der Waals surface area contributed by atoms with E-state index in [1.807, 2.05) is 0 Å². The van der Waals surface area contributed by atoms with Gasteiger partial charge in [0.25, 0.3) is 0 Å². The Bertz CT molecular complexity index is 378. The van der Waals surface area contributed by atoms with E-state index >= 15 is 0 Å². The Morgan fingerprint density at radius 3 is 1.62 bits per heavy atom. The van der Waals surface area contributed by atoms with Gasteiger partial charge < -0.3 is 14.0 Å². The summed E-state index contributed by atoms with van der Waals surface area (Å²) >= 11 is 0. The number of hydrogen-bond donors (Lipinski definition) is 0. The van der Waals surface area contributed by atoms with Crippen LogP contribution in [0.4, 0.5) is 0 Å². The van der Waals surface area contributed by atoms with Gasteiger partial charge in [-0.25, -0.2) is 16.8 Å². The molecule has 0 aliphatic rings. The fraction of sp³-hybridized carbons (Fsp3) is 1.00. The predicted octanol–water partition coefficient (Wildman–Crippen LogP) is -7.99. The Kier molecular flexibility index (Phi) is 12.6. The summed E-state index contributed by atoms with van der Waals surface area (Å²) in [5.74, 6) is -1.18. The van der Waals surface area contributed by atoms with Crippen LogP contribution in [-0.4, -0.2) is 62.5 Å². The molecule has 0 aromatic rings. The molecule has 11 heteroatoms. The molecule has 0 aromatic heterocycles. The van der Waals surface area contributed by atoms with E-state index in [4.69, 9.17) is 0 Å². The van der Waals surface area contributed by atoms with Crippen LogP contribution in [0.25, 0.3) is 0 Å². The van der Waals surface area contributed by atoms with Crippen molar-refractivity contribution in [2.24, 2.45) is 0 Å². The van der Waals surface area contributed by atoms with Crippen LogP contribution in [0, 0.1) is 0 Å². The summed E-state index contributed by atoms with van der Waals surface area (Å²) in [6.45, 7) is -0.284. The molecule has 0 aliphatic heterocycles. The summed E-state index contributed by atoms with van der Waals surface area (Å²) in [6, 6.07) is 0. The Hall–Kier alpha value is 1.78. The zero-order valence-corrected chi connectivity index (χ0v) is 15.3. The van der Waals surface area contributed by atoms with Gasteiger partial charge in [0.1, 0.15) is 0 Å². The average Bonchev–Trinajstić information content (AvgIpc) is 1.78. The Morgan fingerprint density at radius 2 is 1.44 bits per heavy atom. The minimum atomic E-state index is -4.76. The topological polar surface area (TPSA) is 118 Å². The summed E-state index contributed by atoms with van der Waals surface area (Å²) in [4.78, 5) is 1.32. The first-order valence-corrected chi connectivity index (χ1v) is 6.60. The molecule has 0 radical (unpaired) electrons. The van der Waals surface area contributed by atoms with E-state index in [1.165, 1.54) is 19.0 Å².